The number of benzene rings is 2. The number of rotatable bonds is 3. The van der Waals surface area contributed by atoms with Crippen molar-refractivity contribution >= 4 is 23.9 Å². The number of nitrogens with two attached hydrogens (primary N) is 4. The highest BCUT2D eigenvalue weighted by molar-refractivity contribution is 5.83. The lowest BCUT2D eigenvalue weighted by Gasteiger charge is -1.92. The smallest absolute Gasteiger partial charge is 0.152 e. The van der Waals surface area contributed by atoms with Crippen LogP contribution < -0.4 is 22.9 Å². The Hall–Kier alpha value is -2.70. The Bertz CT molecular complexity index is 522. The van der Waals surface area contributed by atoms with Crippen LogP contribution in [0.25, 0.3) is 0 Å². The van der Waals surface area contributed by atoms with Crippen LogP contribution in [0.1, 0.15) is 20.7 Å². The average molecular weight is 302 g/mol. The minimum Gasteiger partial charge on any atom is -0.398 e. The van der Waals surface area contributed by atoms with Crippen LogP contribution in [0.3, 0.4) is 0 Å². The van der Waals surface area contributed by atoms with Crippen LogP contribution in [0.4, 0.5) is 11.4 Å². The molecule has 0 heterocycles. The van der Waals surface area contributed by atoms with Gasteiger partial charge < -0.3 is 22.9 Å². The number of carbonyl (C=O) groups excluding carboxylic acids is 2. The number of para-hydroxylation sites is 2. The van der Waals surface area contributed by atoms with Gasteiger partial charge in [-0.25, -0.2) is 0 Å². The molecule has 0 spiro atoms. The Morgan fingerprint density at radius 3 is 1.18 bits per heavy atom. The average Bonchev–Trinajstić information content (AvgIpc) is 2.56. The third-order valence-electron chi connectivity index (χ3n) is 2.41. The molecule has 0 aliphatic carbocycles. The molecule has 0 saturated carbocycles. The highest BCUT2D eigenvalue weighted by atomic mass is 16.1. The quantitative estimate of drug-likeness (QED) is 0.494. The van der Waals surface area contributed by atoms with E-state index >= 15 is 0 Å². The summed E-state index contributed by atoms with van der Waals surface area (Å²) >= 11 is 0. The molecule has 0 atom stereocenters. The number of hydrogen-bond donors (Lipinski definition) is 4. The molecule has 8 N–H and O–H groups in total. The Balaban J connectivity index is 0.000000326. The van der Waals surface area contributed by atoms with Crippen molar-refractivity contribution in [3.8, 4) is 0 Å². The van der Waals surface area contributed by atoms with Crippen molar-refractivity contribution in [2.24, 2.45) is 11.5 Å². The summed E-state index contributed by atoms with van der Waals surface area (Å²) in [4.78, 5) is 20.3. The van der Waals surface area contributed by atoms with Gasteiger partial charge in [0.15, 0.2) is 12.6 Å². The molecule has 0 unspecified atom stereocenters. The Morgan fingerprint density at radius 2 is 1.00 bits per heavy atom. The van der Waals surface area contributed by atoms with E-state index in [1.165, 1.54) is 0 Å². The van der Waals surface area contributed by atoms with Gasteiger partial charge in [-0.1, -0.05) is 24.3 Å². The van der Waals surface area contributed by atoms with Crippen molar-refractivity contribution in [2.75, 3.05) is 24.6 Å². The summed E-state index contributed by atoms with van der Waals surface area (Å²) in [6.45, 7) is 1.19. The Kier molecular flexibility index (Phi) is 10.6. The van der Waals surface area contributed by atoms with Gasteiger partial charge >= 0.3 is 0 Å². The Morgan fingerprint density at radius 1 is 0.682 bits per heavy atom. The van der Waals surface area contributed by atoms with E-state index in [9.17, 15) is 9.59 Å². The minimum absolute atomic E-state index is 0.535. The number of anilines is 2. The first kappa shape index (κ1) is 19.3. The fourth-order valence-electron chi connectivity index (χ4n) is 1.24. The maximum atomic E-state index is 10.1. The minimum atomic E-state index is 0.535. The first-order valence-electron chi connectivity index (χ1n) is 6.60. The van der Waals surface area contributed by atoms with E-state index in [0.29, 0.717) is 35.6 Å². The third kappa shape index (κ3) is 7.78. The van der Waals surface area contributed by atoms with Crippen LogP contribution >= 0.6 is 0 Å². The maximum absolute atomic E-state index is 10.1. The second-order valence-electron chi connectivity index (χ2n) is 4.07. The molecule has 0 fully saturated rings. The third-order valence-corrected chi connectivity index (χ3v) is 2.41. The molecule has 6 nitrogen and oxygen atoms in total. The molecule has 0 aliphatic heterocycles. The molecule has 0 bridgehead atoms. The zero-order valence-corrected chi connectivity index (χ0v) is 12.3. The number of nitrogen functional groups attached to an aromatic ring is 2. The van der Waals surface area contributed by atoms with E-state index in [4.69, 9.17) is 22.9 Å². The molecule has 0 amide bonds. The predicted molar refractivity (Wildman–Crippen MR) is 90.6 cm³/mol. The van der Waals surface area contributed by atoms with E-state index in [-0.39, 0.29) is 0 Å². The van der Waals surface area contributed by atoms with E-state index in [1.807, 2.05) is 0 Å². The van der Waals surface area contributed by atoms with E-state index in [0.717, 1.165) is 12.6 Å². The van der Waals surface area contributed by atoms with Gasteiger partial charge in [-0.05, 0) is 24.3 Å². The van der Waals surface area contributed by atoms with E-state index in [1.54, 1.807) is 48.5 Å². The van der Waals surface area contributed by atoms with Crippen molar-refractivity contribution in [3.63, 3.8) is 0 Å². The second kappa shape index (κ2) is 12.1. The van der Waals surface area contributed by atoms with E-state index in [2.05, 4.69) is 0 Å². The van der Waals surface area contributed by atoms with Gasteiger partial charge in [0.2, 0.25) is 0 Å². The van der Waals surface area contributed by atoms with Crippen LogP contribution in [0.2, 0.25) is 0 Å². The van der Waals surface area contributed by atoms with Gasteiger partial charge in [-0.15, -0.1) is 0 Å². The Labute approximate surface area is 130 Å². The summed E-state index contributed by atoms with van der Waals surface area (Å²) in [7, 11) is 0. The normalized spacial score (nSPS) is 8.64. The van der Waals surface area contributed by atoms with Crippen LogP contribution in [0.5, 0.6) is 0 Å². The lowest BCUT2D eigenvalue weighted by atomic mass is 10.2. The molecular formula is C16H22N4O2. The zero-order chi connectivity index (χ0) is 16.8. The van der Waals surface area contributed by atoms with Crippen LogP contribution in [0.15, 0.2) is 48.5 Å². The molecule has 0 saturated heterocycles. The second-order valence-corrected chi connectivity index (χ2v) is 4.07. The van der Waals surface area contributed by atoms with Crippen molar-refractivity contribution < 1.29 is 9.59 Å². The zero-order valence-electron chi connectivity index (χ0n) is 12.3. The van der Waals surface area contributed by atoms with Crippen molar-refractivity contribution in [3.05, 3.63) is 59.7 Å². The van der Waals surface area contributed by atoms with Gasteiger partial charge in [-0.2, -0.15) is 0 Å². The molecule has 6 heteroatoms. The van der Waals surface area contributed by atoms with Gasteiger partial charge in [0.1, 0.15) is 0 Å². The molecule has 2 rings (SSSR count). The van der Waals surface area contributed by atoms with Crippen molar-refractivity contribution in [1.29, 1.82) is 0 Å². The monoisotopic (exact) mass is 302 g/mol. The van der Waals surface area contributed by atoms with Crippen LogP contribution in [-0.2, 0) is 0 Å². The first-order chi connectivity index (χ1) is 10.6. The largest absolute Gasteiger partial charge is 0.398 e. The molecule has 0 radical (unpaired) electrons. The molecule has 2 aromatic carbocycles. The summed E-state index contributed by atoms with van der Waals surface area (Å²) in [5.41, 5.74) is 22.8. The molecule has 2 aromatic rings. The molecular weight excluding hydrogens is 280 g/mol. The summed E-state index contributed by atoms with van der Waals surface area (Å²) < 4.78 is 0. The lowest BCUT2D eigenvalue weighted by Crippen LogP contribution is -2.11. The first-order valence-corrected chi connectivity index (χ1v) is 6.60. The summed E-state index contributed by atoms with van der Waals surface area (Å²) in [5, 5.41) is 0. The standard InChI is InChI=1S/2C7H7NO.C2H8N2/c2*8-7-4-2-1-3-6(7)5-9;3-1-2-4/h2*1-5H,8H2;1-4H2. The molecule has 22 heavy (non-hydrogen) atoms. The highest BCUT2D eigenvalue weighted by Crippen LogP contribution is 2.06. The maximum Gasteiger partial charge on any atom is 0.152 e. The lowest BCUT2D eigenvalue weighted by molar-refractivity contribution is 0.111. The fraction of sp³-hybridized carbons (Fsp3) is 0.125. The van der Waals surface area contributed by atoms with Crippen LogP contribution in [0, 0.1) is 0 Å². The van der Waals surface area contributed by atoms with Gasteiger partial charge in [0.05, 0.1) is 0 Å². The van der Waals surface area contributed by atoms with Gasteiger partial charge in [0.25, 0.3) is 0 Å². The molecule has 118 valence electrons. The van der Waals surface area contributed by atoms with Crippen molar-refractivity contribution in [1.82, 2.24) is 0 Å². The summed E-state index contributed by atoms with van der Waals surface area (Å²) in [6.07, 6.45) is 1.49. The SMILES string of the molecule is NCCN.Nc1ccccc1C=O.Nc1ccccc1C=O. The van der Waals surface area contributed by atoms with Crippen LogP contribution in [-0.4, -0.2) is 25.7 Å². The highest BCUT2D eigenvalue weighted by Gasteiger charge is 1.91. The summed E-state index contributed by atoms with van der Waals surface area (Å²) in [5.74, 6) is 0. The number of aldehydes is 2. The fourth-order valence-corrected chi connectivity index (χ4v) is 1.24. The van der Waals surface area contributed by atoms with Crippen molar-refractivity contribution in [2.45, 2.75) is 0 Å². The topological polar surface area (TPSA) is 138 Å². The summed E-state index contributed by atoms with van der Waals surface area (Å²) in [6, 6.07) is 13.9. The number of carbonyl (C=O) groups is 2. The molecule has 0 aliphatic rings. The van der Waals surface area contributed by atoms with E-state index < -0.39 is 0 Å². The van der Waals surface area contributed by atoms with Gasteiger partial charge in [0, 0.05) is 35.6 Å². The van der Waals surface area contributed by atoms with Gasteiger partial charge in [-0.3, -0.25) is 9.59 Å². The molecule has 0 aromatic heterocycles. The predicted octanol–water partition coefficient (Wildman–Crippen LogP) is 1.07. The number of hydrogen-bond acceptors (Lipinski definition) is 6.